The minimum absolute atomic E-state index is 0.0884. The highest BCUT2D eigenvalue weighted by molar-refractivity contribution is 9.10. The van der Waals surface area contributed by atoms with Crippen molar-refractivity contribution in [2.45, 2.75) is 45.4 Å². The van der Waals surface area contributed by atoms with E-state index in [2.05, 4.69) is 28.2 Å². The average molecular weight is 411 g/mol. The fraction of sp³-hybridized carbons (Fsp3) is 0.474. The van der Waals surface area contributed by atoms with Crippen molar-refractivity contribution in [2.75, 3.05) is 18.9 Å². The molecule has 0 aliphatic heterocycles. The Bertz CT molecular complexity index is 688. The topological polar surface area (TPSA) is 49.4 Å². The van der Waals surface area contributed by atoms with Gasteiger partial charge in [-0.1, -0.05) is 29.3 Å². The van der Waals surface area contributed by atoms with Gasteiger partial charge in [-0.3, -0.25) is 9.59 Å². The molecule has 0 aromatic heterocycles. The Kier molecular flexibility index (Phi) is 7.17. The van der Waals surface area contributed by atoms with Crippen LogP contribution in [0.2, 0.25) is 0 Å². The number of nitrogens with zero attached hydrogens (tertiary/aromatic N) is 1. The van der Waals surface area contributed by atoms with E-state index in [1.165, 1.54) is 12.1 Å². The van der Waals surface area contributed by atoms with Crippen molar-refractivity contribution in [1.82, 2.24) is 4.90 Å². The molecular formula is C19H24BrFN2O2. The number of halogens is 2. The number of likely N-dealkylation sites (N-methyl/N-ethyl adjacent to an activating group) is 1. The molecule has 0 spiro atoms. The fourth-order valence-electron chi connectivity index (χ4n) is 2.91. The molecule has 0 fully saturated rings. The zero-order chi connectivity index (χ0) is 18.4. The van der Waals surface area contributed by atoms with Gasteiger partial charge in [0.25, 0.3) is 5.91 Å². The monoisotopic (exact) mass is 410 g/mol. The average Bonchev–Trinajstić information content (AvgIpc) is 2.61. The van der Waals surface area contributed by atoms with Crippen LogP contribution in [-0.2, 0) is 9.59 Å². The van der Waals surface area contributed by atoms with Crippen molar-refractivity contribution in [1.29, 1.82) is 0 Å². The second kappa shape index (κ2) is 9.13. The summed E-state index contributed by atoms with van der Waals surface area (Å²) in [6, 6.07) is 4.48. The van der Waals surface area contributed by atoms with Crippen molar-refractivity contribution < 1.29 is 14.0 Å². The standard InChI is InChI=1S/C19H24BrFN2O2/c1-3-4-11-23(2)19(25)15-8-6-5-7-14(15)18(24)22-17-10-9-13(20)12-16(17)21/h9-10,12H,3-8,11H2,1-2H3,(H,22,24). The summed E-state index contributed by atoms with van der Waals surface area (Å²) in [5, 5.41) is 2.61. The first kappa shape index (κ1) is 19.6. The first-order valence-corrected chi connectivity index (χ1v) is 9.47. The third kappa shape index (κ3) is 5.14. The third-order valence-corrected chi connectivity index (χ3v) is 4.87. The molecule has 0 bridgehead atoms. The predicted octanol–water partition coefficient (Wildman–Crippen LogP) is 4.66. The third-order valence-electron chi connectivity index (χ3n) is 4.37. The zero-order valence-electron chi connectivity index (χ0n) is 14.7. The summed E-state index contributed by atoms with van der Waals surface area (Å²) in [4.78, 5) is 27.0. The van der Waals surface area contributed by atoms with Gasteiger partial charge in [0, 0.05) is 29.2 Å². The number of carbonyl (C=O) groups excluding carboxylic acids is 2. The molecular weight excluding hydrogens is 387 g/mol. The maximum atomic E-state index is 14.0. The highest BCUT2D eigenvalue weighted by atomic mass is 79.9. The maximum absolute atomic E-state index is 14.0. The molecule has 1 aromatic rings. The van der Waals surface area contributed by atoms with Gasteiger partial charge in [0.2, 0.25) is 5.91 Å². The molecule has 25 heavy (non-hydrogen) atoms. The van der Waals surface area contributed by atoms with Gasteiger partial charge in [0.15, 0.2) is 0 Å². The van der Waals surface area contributed by atoms with E-state index in [4.69, 9.17) is 0 Å². The predicted molar refractivity (Wildman–Crippen MR) is 101 cm³/mol. The quantitative estimate of drug-likeness (QED) is 0.741. The van der Waals surface area contributed by atoms with Crippen LogP contribution < -0.4 is 5.32 Å². The minimum atomic E-state index is -0.507. The van der Waals surface area contributed by atoms with Gasteiger partial charge in [-0.25, -0.2) is 4.39 Å². The molecule has 4 nitrogen and oxygen atoms in total. The van der Waals surface area contributed by atoms with Crippen LogP contribution in [-0.4, -0.2) is 30.3 Å². The van der Waals surface area contributed by atoms with Crippen molar-refractivity contribution >= 4 is 33.4 Å². The Morgan fingerprint density at radius 1 is 1.24 bits per heavy atom. The number of hydrogen-bond acceptors (Lipinski definition) is 2. The lowest BCUT2D eigenvalue weighted by atomic mass is 9.90. The Morgan fingerprint density at radius 3 is 2.56 bits per heavy atom. The molecule has 6 heteroatoms. The van der Waals surface area contributed by atoms with E-state index in [1.807, 2.05) is 0 Å². The molecule has 2 rings (SSSR count). The van der Waals surface area contributed by atoms with Gasteiger partial charge < -0.3 is 10.2 Å². The first-order chi connectivity index (χ1) is 11.9. The van der Waals surface area contributed by atoms with Crippen LogP contribution in [0.1, 0.15) is 45.4 Å². The minimum Gasteiger partial charge on any atom is -0.342 e. The molecule has 1 aromatic carbocycles. The Labute approximate surface area is 156 Å². The highest BCUT2D eigenvalue weighted by Crippen LogP contribution is 2.28. The smallest absolute Gasteiger partial charge is 0.252 e. The molecule has 0 unspecified atom stereocenters. The molecule has 0 saturated heterocycles. The number of unbranched alkanes of at least 4 members (excludes halogenated alkanes) is 1. The molecule has 2 amide bonds. The summed E-state index contributed by atoms with van der Waals surface area (Å²) in [7, 11) is 1.77. The number of carbonyl (C=O) groups is 2. The van der Waals surface area contributed by atoms with Crippen LogP contribution in [0.15, 0.2) is 33.8 Å². The van der Waals surface area contributed by atoms with Crippen LogP contribution in [0.25, 0.3) is 0 Å². The number of nitrogens with one attached hydrogen (secondary N) is 1. The maximum Gasteiger partial charge on any atom is 0.252 e. The fourth-order valence-corrected chi connectivity index (χ4v) is 3.24. The van der Waals surface area contributed by atoms with Crippen LogP contribution in [0, 0.1) is 5.82 Å². The van der Waals surface area contributed by atoms with Gasteiger partial charge in [-0.15, -0.1) is 0 Å². The van der Waals surface area contributed by atoms with Crippen LogP contribution in [0.3, 0.4) is 0 Å². The van der Waals surface area contributed by atoms with E-state index in [0.29, 0.717) is 35.0 Å². The lowest BCUT2D eigenvalue weighted by Crippen LogP contribution is -2.32. The summed E-state index contributed by atoms with van der Waals surface area (Å²) >= 11 is 3.19. The number of anilines is 1. The van der Waals surface area contributed by atoms with E-state index in [0.717, 1.165) is 25.7 Å². The molecule has 0 saturated carbocycles. The summed E-state index contributed by atoms with van der Waals surface area (Å²) in [6.45, 7) is 2.75. The number of hydrogen-bond donors (Lipinski definition) is 1. The highest BCUT2D eigenvalue weighted by Gasteiger charge is 2.26. The summed E-state index contributed by atoms with van der Waals surface area (Å²) in [5.74, 6) is -0.977. The normalized spacial score (nSPS) is 14.4. The van der Waals surface area contributed by atoms with Gasteiger partial charge >= 0.3 is 0 Å². The summed E-state index contributed by atoms with van der Waals surface area (Å²) in [6.07, 6.45) is 4.84. The Hall–Kier alpha value is -1.69. The van der Waals surface area contributed by atoms with Gasteiger partial charge in [-0.2, -0.15) is 0 Å². The molecule has 0 heterocycles. The molecule has 0 radical (unpaired) electrons. The number of amides is 2. The van der Waals surface area contributed by atoms with E-state index in [-0.39, 0.29) is 17.5 Å². The first-order valence-electron chi connectivity index (χ1n) is 8.68. The van der Waals surface area contributed by atoms with Gasteiger partial charge in [-0.05, 0) is 50.3 Å². The lowest BCUT2D eigenvalue weighted by molar-refractivity contribution is -0.126. The van der Waals surface area contributed by atoms with E-state index < -0.39 is 5.82 Å². The van der Waals surface area contributed by atoms with Crippen molar-refractivity contribution in [2.24, 2.45) is 0 Å². The lowest BCUT2D eigenvalue weighted by Gasteiger charge is -2.24. The summed E-state index contributed by atoms with van der Waals surface area (Å²) in [5.41, 5.74) is 1.18. The van der Waals surface area contributed by atoms with Gasteiger partial charge in [0.05, 0.1) is 5.69 Å². The Balaban J connectivity index is 2.21. The van der Waals surface area contributed by atoms with Crippen LogP contribution in [0.4, 0.5) is 10.1 Å². The van der Waals surface area contributed by atoms with E-state index in [1.54, 1.807) is 18.0 Å². The number of benzene rings is 1. The molecule has 1 aliphatic carbocycles. The molecule has 136 valence electrons. The second-order valence-corrected chi connectivity index (χ2v) is 7.24. The van der Waals surface area contributed by atoms with E-state index >= 15 is 0 Å². The van der Waals surface area contributed by atoms with E-state index in [9.17, 15) is 14.0 Å². The van der Waals surface area contributed by atoms with Gasteiger partial charge in [0.1, 0.15) is 5.82 Å². The SMILES string of the molecule is CCCCN(C)C(=O)C1=C(C(=O)Nc2ccc(Br)cc2F)CCCC1. The van der Waals surface area contributed by atoms with Crippen LogP contribution >= 0.6 is 15.9 Å². The summed E-state index contributed by atoms with van der Waals surface area (Å²) < 4.78 is 14.6. The molecule has 0 atom stereocenters. The Morgan fingerprint density at radius 2 is 1.92 bits per heavy atom. The largest absolute Gasteiger partial charge is 0.342 e. The zero-order valence-corrected chi connectivity index (χ0v) is 16.3. The molecule has 1 aliphatic rings. The van der Waals surface area contributed by atoms with Crippen molar-refractivity contribution in [3.63, 3.8) is 0 Å². The van der Waals surface area contributed by atoms with Crippen molar-refractivity contribution in [3.8, 4) is 0 Å². The molecule has 1 N–H and O–H groups in total. The second-order valence-electron chi connectivity index (χ2n) is 6.32. The van der Waals surface area contributed by atoms with Crippen molar-refractivity contribution in [3.05, 3.63) is 39.6 Å². The number of rotatable bonds is 6. The van der Waals surface area contributed by atoms with Crippen LogP contribution in [0.5, 0.6) is 0 Å².